The molecule has 112 valence electrons. The van der Waals surface area contributed by atoms with E-state index in [0.717, 1.165) is 0 Å². The monoisotopic (exact) mass is 300 g/mol. The second kappa shape index (κ2) is 5.68. The van der Waals surface area contributed by atoms with Gasteiger partial charge in [0.05, 0.1) is 5.69 Å². The Labute approximate surface area is 125 Å². The SMILES string of the molecule is Cc1cc(Nc2ncnc(Nc3ccccc3F)c2N)no1. The number of hydrogen-bond acceptors (Lipinski definition) is 7. The summed E-state index contributed by atoms with van der Waals surface area (Å²) in [5, 5.41) is 9.55. The van der Waals surface area contributed by atoms with E-state index in [1.54, 1.807) is 31.2 Å². The third-order valence-corrected chi connectivity index (χ3v) is 2.89. The Bertz CT molecular complexity index is 804. The minimum Gasteiger partial charge on any atom is -0.393 e. The number of nitrogens with zero attached hydrogens (tertiary/aromatic N) is 3. The van der Waals surface area contributed by atoms with Crippen molar-refractivity contribution in [2.75, 3.05) is 16.4 Å². The topological polar surface area (TPSA) is 102 Å². The molecule has 0 saturated carbocycles. The van der Waals surface area contributed by atoms with Crippen LogP contribution in [0.1, 0.15) is 5.76 Å². The lowest BCUT2D eigenvalue weighted by molar-refractivity contribution is 0.400. The highest BCUT2D eigenvalue weighted by atomic mass is 19.1. The van der Waals surface area contributed by atoms with Gasteiger partial charge < -0.3 is 20.9 Å². The zero-order chi connectivity index (χ0) is 15.5. The van der Waals surface area contributed by atoms with Crippen molar-refractivity contribution in [2.45, 2.75) is 6.92 Å². The van der Waals surface area contributed by atoms with E-state index in [0.29, 0.717) is 23.2 Å². The molecule has 2 aromatic heterocycles. The lowest BCUT2D eigenvalue weighted by Crippen LogP contribution is -2.05. The first-order valence-electron chi connectivity index (χ1n) is 6.46. The van der Waals surface area contributed by atoms with Gasteiger partial charge in [-0.15, -0.1) is 0 Å². The number of benzene rings is 1. The third kappa shape index (κ3) is 2.80. The Balaban J connectivity index is 1.87. The fourth-order valence-corrected chi connectivity index (χ4v) is 1.83. The van der Waals surface area contributed by atoms with E-state index in [1.165, 1.54) is 12.4 Å². The molecule has 2 heterocycles. The molecule has 0 unspecified atom stereocenters. The summed E-state index contributed by atoms with van der Waals surface area (Å²) in [6.45, 7) is 1.77. The number of nitrogens with one attached hydrogen (secondary N) is 2. The molecule has 0 amide bonds. The Morgan fingerprint density at radius 3 is 2.55 bits per heavy atom. The number of aryl methyl sites for hydroxylation is 1. The van der Waals surface area contributed by atoms with Crippen LogP contribution < -0.4 is 16.4 Å². The maximum absolute atomic E-state index is 13.7. The number of nitrogen functional groups attached to an aromatic ring is 1. The highest BCUT2D eigenvalue weighted by Crippen LogP contribution is 2.28. The molecule has 0 atom stereocenters. The molecule has 3 rings (SSSR count). The summed E-state index contributed by atoms with van der Waals surface area (Å²) in [6.07, 6.45) is 1.31. The van der Waals surface area contributed by atoms with Crippen LogP contribution in [0.25, 0.3) is 0 Å². The third-order valence-electron chi connectivity index (χ3n) is 2.89. The van der Waals surface area contributed by atoms with Crippen LogP contribution in [0.3, 0.4) is 0 Å². The quantitative estimate of drug-likeness (QED) is 0.680. The van der Waals surface area contributed by atoms with Crippen LogP contribution in [-0.4, -0.2) is 15.1 Å². The number of aromatic nitrogens is 3. The van der Waals surface area contributed by atoms with Gasteiger partial charge in [-0.1, -0.05) is 17.3 Å². The van der Waals surface area contributed by atoms with E-state index in [9.17, 15) is 4.39 Å². The number of rotatable bonds is 4. The van der Waals surface area contributed by atoms with E-state index < -0.39 is 5.82 Å². The summed E-state index contributed by atoms with van der Waals surface area (Å²) < 4.78 is 18.6. The minimum atomic E-state index is -0.401. The first-order valence-corrected chi connectivity index (χ1v) is 6.46. The summed E-state index contributed by atoms with van der Waals surface area (Å²) in [6, 6.07) is 7.94. The molecule has 0 aliphatic rings. The second-order valence-corrected chi connectivity index (χ2v) is 4.54. The molecule has 0 aliphatic heterocycles. The van der Waals surface area contributed by atoms with Gasteiger partial charge in [0.2, 0.25) is 0 Å². The fraction of sp³-hybridized carbons (Fsp3) is 0.0714. The van der Waals surface area contributed by atoms with Gasteiger partial charge >= 0.3 is 0 Å². The zero-order valence-corrected chi connectivity index (χ0v) is 11.7. The normalized spacial score (nSPS) is 10.5. The number of halogens is 1. The molecule has 4 N–H and O–H groups in total. The van der Waals surface area contributed by atoms with Crippen LogP contribution in [0, 0.1) is 12.7 Å². The van der Waals surface area contributed by atoms with E-state index in [-0.39, 0.29) is 11.4 Å². The Morgan fingerprint density at radius 2 is 1.86 bits per heavy atom. The van der Waals surface area contributed by atoms with Gasteiger partial charge in [-0.25, -0.2) is 14.4 Å². The molecule has 0 spiro atoms. The molecule has 22 heavy (non-hydrogen) atoms. The largest absolute Gasteiger partial charge is 0.393 e. The first kappa shape index (κ1) is 13.8. The van der Waals surface area contributed by atoms with Gasteiger partial charge in [-0.05, 0) is 19.1 Å². The van der Waals surface area contributed by atoms with Crippen molar-refractivity contribution in [3.63, 3.8) is 0 Å². The predicted octanol–water partition coefficient (Wildman–Crippen LogP) is 2.98. The van der Waals surface area contributed by atoms with Gasteiger partial charge in [0.1, 0.15) is 23.6 Å². The minimum absolute atomic E-state index is 0.242. The van der Waals surface area contributed by atoms with Crippen LogP contribution in [-0.2, 0) is 0 Å². The van der Waals surface area contributed by atoms with Crippen LogP contribution in [0.5, 0.6) is 0 Å². The van der Waals surface area contributed by atoms with Crippen molar-refractivity contribution in [3.8, 4) is 0 Å². The van der Waals surface area contributed by atoms with Gasteiger partial charge in [0.15, 0.2) is 17.5 Å². The molecule has 3 aromatic rings. The van der Waals surface area contributed by atoms with Gasteiger partial charge in [0.25, 0.3) is 0 Å². The summed E-state index contributed by atoms with van der Waals surface area (Å²) in [5.41, 5.74) is 6.52. The molecule has 0 radical (unpaired) electrons. The second-order valence-electron chi connectivity index (χ2n) is 4.54. The lowest BCUT2D eigenvalue weighted by atomic mass is 10.3. The van der Waals surface area contributed by atoms with Gasteiger partial charge in [0, 0.05) is 6.07 Å². The molecule has 0 bridgehead atoms. The molecular formula is C14H13FN6O. The van der Waals surface area contributed by atoms with Crippen LogP contribution in [0.4, 0.5) is 33.2 Å². The molecule has 8 heteroatoms. The summed E-state index contributed by atoms with van der Waals surface area (Å²) >= 11 is 0. The maximum Gasteiger partial charge on any atom is 0.175 e. The van der Waals surface area contributed by atoms with Crippen LogP contribution in [0.2, 0.25) is 0 Å². The van der Waals surface area contributed by atoms with Crippen molar-refractivity contribution in [1.29, 1.82) is 0 Å². The first-order chi connectivity index (χ1) is 10.6. The standard InChI is InChI=1S/C14H13FN6O/c1-8-6-11(21-22-8)20-14-12(16)13(17-7-18-14)19-10-5-3-2-4-9(10)15/h2-7H,16H2,1H3,(H2,17,18,19,20,21). The number of nitrogens with two attached hydrogens (primary N) is 1. The van der Waals surface area contributed by atoms with Crippen molar-refractivity contribution >= 4 is 28.8 Å². The smallest absolute Gasteiger partial charge is 0.175 e. The summed E-state index contributed by atoms with van der Waals surface area (Å²) in [7, 11) is 0. The van der Waals surface area contributed by atoms with Crippen molar-refractivity contribution in [1.82, 2.24) is 15.1 Å². The van der Waals surface area contributed by atoms with Crippen molar-refractivity contribution in [3.05, 3.63) is 48.2 Å². The Morgan fingerprint density at radius 1 is 1.14 bits per heavy atom. The fourth-order valence-electron chi connectivity index (χ4n) is 1.83. The predicted molar refractivity (Wildman–Crippen MR) is 80.6 cm³/mol. The number of anilines is 5. The van der Waals surface area contributed by atoms with E-state index in [4.69, 9.17) is 10.3 Å². The van der Waals surface area contributed by atoms with Gasteiger partial charge in [-0.3, -0.25) is 0 Å². The average Bonchev–Trinajstić information content (AvgIpc) is 2.91. The number of para-hydroxylation sites is 1. The van der Waals surface area contributed by atoms with Crippen LogP contribution in [0.15, 0.2) is 41.2 Å². The lowest BCUT2D eigenvalue weighted by Gasteiger charge is -2.11. The Hall–Kier alpha value is -3.16. The zero-order valence-electron chi connectivity index (χ0n) is 11.7. The van der Waals surface area contributed by atoms with Crippen molar-refractivity contribution in [2.24, 2.45) is 0 Å². The average molecular weight is 300 g/mol. The van der Waals surface area contributed by atoms with Crippen LogP contribution >= 0.6 is 0 Å². The summed E-state index contributed by atoms with van der Waals surface area (Å²) in [5.74, 6) is 1.37. The molecule has 7 nitrogen and oxygen atoms in total. The molecule has 0 aliphatic carbocycles. The number of hydrogen-bond donors (Lipinski definition) is 3. The molecule has 0 saturated heterocycles. The Kier molecular flexibility index (Phi) is 3.57. The van der Waals surface area contributed by atoms with E-state index >= 15 is 0 Å². The van der Waals surface area contributed by atoms with E-state index in [1.807, 2.05) is 0 Å². The van der Waals surface area contributed by atoms with Crippen molar-refractivity contribution < 1.29 is 8.91 Å². The molecule has 1 aromatic carbocycles. The maximum atomic E-state index is 13.7. The molecular weight excluding hydrogens is 287 g/mol. The molecule has 0 fully saturated rings. The summed E-state index contributed by atoms with van der Waals surface area (Å²) in [4.78, 5) is 8.07. The van der Waals surface area contributed by atoms with Gasteiger partial charge in [-0.2, -0.15) is 0 Å². The highest BCUT2D eigenvalue weighted by molar-refractivity contribution is 5.79. The van der Waals surface area contributed by atoms with E-state index in [2.05, 4.69) is 25.8 Å². The highest BCUT2D eigenvalue weighted by Gasteiger charge is 2.11.